The Labute approximate surface area is 222 Å². The molecule has 3 heterocycles. The van der Waals surface area contributed by atoms with Crippen molar-refractivity contribution in [2.45, 2.75) is 80.6 Å². The lowest BCUT2D eigenvalue weighted by Gasteiger charge is -2.60. The summed E-state index contributed by atoms with van der Waals surface area (Å²) in [6.45, 7) is 2.28. The van der Waals surface area contributed by atoms with Crippen molar-refractivity contribution in [2.75, 3.05) is 14.1 Å². The molecule has 7 rings (SSSR count). The minimum absolute atomic E-state index is 0.00977. The van der Waals surface area contributed by atoms with Gasteiger partial charge in [0.15, 0.2) is 5.67 Å². The number of aliphatic hydroxyl groups is 2. The van der Waals surface area contributed by atoms with E-state index in [2.05, 4.69) is 30.1 Å². The van der Waals surface area contributed by atoms with E-state index in [4.69, 9.17) is 16.3 Å². The Morgan fingerprint density at radius 3 is 2.73 bits per heavy atom. The molecule has 5 aliphatic rings. The first-order chi connectivity index (χ1) is 17.5. The monoisotopic (exact) mass is 524 g/mol. The van der Waals surface area contributed by atoms with Crippen molar-refractivity contribution in [2.24, 2.45) is 11.3 Å². The standard InChI is InChI=1S/C30H34ClFN2O3/c1-27-9-11-29(32)15-21-24(35)25(36)22(34(2)3)16-28(21)10-12-30(29,37-28)23(27)7-6-20(27)18-4-5-19-17(14-18)8-13-33-26(19)31/h4-6,8,13-15,22-25,35-36H,7,9-12,16H2,1-3H3. The number of hydrogen-bond donors (Lipinski definition) is 2. The van der Waals surface area contributed by atoms with E-state index in [1.165, 1.54) is 5.57 Å². The molecular weight excluding hydrogens is 491 g/mol. The maximum absolute atomic E-state index is 17.2. The molecule has 2 aliphatic heterocycles. The first-order valence-corrected chi connectivity index (χ1v) is 13.8. The summed E-state index contributed by atoms with van der Waals surface area (Å²) < 4.78 is 24.2. The number of likely N-dealkylation sites (N-methyl/N-ethyl adjacent to an activating group) is 1. The molecule has 0 amide bonds. The highest BCUT2D eigenvalue weighted by Gasteiger charge is 2.74. The molecule has 2 bridgehead atoms. The van der Waals surface area contributed by atoms with Gasteiger partial charge in [-0.1, -0.05) is 36.7 Å². The molecule has 1 saturated heterocycles. The maximum Gasteiger partial charge on any atom is 0.158 e. The summed E-state index contributed by atoms with van der Waals surface area (Å²) in [4.78, 5) is 6.15. The minimum Gasteiger partial charge on any atom is -0.388 e. The Morgan fingerprint density at radius 2 is 1.95 bits per heavy atom. The van der Waals surface area contributed by atoms with Crippen LogP contribution in [0, 0.1) is 11.3 Å². The molecule has 2 saturated carbocycles. The van der Waals surface area contributed by atoms with E-state index < -0.39 is 29.1 Å². The SMILES string of the molecule is CN(C)C1CC23CCC4(O2)C2CC=C(c5ccc6c(Cl)nccc6c5)C2(C)CCC4(F)C=C3C(O)C1O. The highest BCUT2D eigenvalue weighted by atomic mass is 35.5. The highest BCUT2D eigenvalue weighted by Crippen LogP contribution is 2.71. The Bertz CT molecular complexity index is 1380. The molecule has 8 atom stereocenters. The van der Waals surface area contributed by atoms with Crippen molar-refractivity contribution < 1.29 is 19.3 Å². The van der Waals surface area contributed by atoms with E-state index in [0.717, 1.165) is 22.8 Å². The average Bonchev–Trinajstić information content (AvgIpc) is 3.40. The molecule has 37 heavy (non-hydrogen) atoms. The summed E-state index contributed by atoms with van der Waals surface area (Å²) >= 11 is 6.32. The van der Waals surface area contributed by atoms with E-state index >= 15 is 4.39 Å². The van der Waals surface area contributed by atoms with Crippen LogP contribution >= 0.6 is 11.6 Å². The summed E-state index contributed by atoms with van der Waals surface area (Å²) in [5.41, 5.74) is -0.598. The molecule has 1 aromatic heterocycles. The second-order valence-electron chi connectivity index (χ2n) is 12.5. The summed E-state index contributed by atoms with van der Waals surface area (Å²) in [5.74, 6) is -0.00977. The zero-order valence-corrected chi connectivity index (χ0v) is 22.3. The van der Waals surface area contributed by atoms with Crippen LogP contribution in [0.1, 0.15) is 51.0 Å². The largest absolute Gasteiger partial charge is 0.388 e. The average molecular weight is 525 g/mol. The first kappa shape index (κ1) is 24.2. The number of allylic oxidation sites excluding steroid dienone is 2. The van der Waals surface area contributed by atoms with Crippen LogP contribution in [0.15, 0.2) is 48.2 Å². The zero-order chi connectivity index (χ0) is 26.0. The van der Waals surface area contributed by atoms with Gasteiger partial charge in [0.2, 0.25) is 0 Å². The molecule has 7 heteroatoms. The molecule has 3 aliphatic carbocycles. The Hall–Kier alpha value is -1.83. The number of aliphatic hydroxyl groups excluding tert-OH is 2. The van der Waals surface area contributed by atoms with Gasteiger partial charge < -0.3 is 19.8 Å². The van der Waals surface area contributed by atoms with Gasteiger partial charge in [-0.25, -0.2) is 9.37 Å². The van der Waals surface area contributed by atoms with Crippen molar-refractivity contribution in [3.05, 3.63) is 58.9 Å². The van der Waals surface area contributed by atoms with Gasteiger partial charge in [-0.2, -0.15) is 0 Å². The molecule has 2 aromatic rings. The van der Waals surface area contributed by atoms with Gasteiger partial charge >= 0.3 is 0 Å². The van der Waals surface area contributed by atoms with E-state index in [-0.39, 0.29) is 17.4 Å². The molecule has 2 N–H and O–H groups in total. The number of alkyl halides is 1. The van der Waals surface area contributed by atoms with Gasteiger partial charge in [0.1, 0.15) is 16.9 Å². The van der Waals surface area contributed by atoms with Gasteiger partial charge in [0.25, 0.3) is 0 Å². The van der Waals surface area contributed by atoms with Crippen LogP contribution in [0.25, 0.3) is 16.3 Å². The summed E-state index contributed by atoms with van der Waals surface area (Å²) in [6, 6.07) is 8.05. The van der Waals surface area contributed by atoms with Gasteiger partial charge in [-0.05, 0) is 98.3 Å². The Morgan fingerprint density at radius 1 is 1.14 bits per heavy atom. The number of fused-ring (bicyclic) bond motifs is 2. The van der Waals surface area contributed by atoms with Crippen LogP contribution in [-0.2, 0) is 4.74 Å². The van der Waals surface area contributed by atoms with Gasteiger partial charge in [-0.3, -0.25) is 0 Å². The van der Waals surface area contributed by atoms with Gasteiger partial charge in [0, 0.05) is 23.5 Å². The Kier molecular flexibility index (Phi) is 5.00. The van der Waals surface area contributed by atoms with Crippen molar-refractivity contribution in [3.8, 4) is 0 Å². The first-order valence-electron chi connectivity index (χ1n) is 13.4. The summed E-state index contributed by atoms with van der Waals surface area (Å²) in [5, 5.41) is 24.5. The molecule has 1 aromatic carbocycles. The van der Waals surface area contributed by atoms with Crippen LogP contribution in [0.2, 0.25) is 5.15 Å². The number of ether oxygens (including phenoxy) is 1. The highest BCUT2D eigenvalue weighted by molar-refractivity contribution is 6.34. The van der Waals surface area contributed by atoms with Crippen LogP contribution in [0.3, 0.4) is 0 Å². The minimum atomic E-state index is -1.66. The van der Waals surface area contributed by atoms with Crippen molar-refractivity contribution in [1.29, 1.82) is 0 Å². The number of rotatable bonds is 2. The third-order valence-electron chi connectivity index (χ3n) is 10.7. The molecule has 3 fully saturated rings. The number of nitrogens with zero attached hydrogens (tertiary/aromatic N) is 2. The normalized spacial score (nSPS) is 44.3. The van der Waals surface area contributed by atoms with Crippen LogP contribution in [-0.4, -0.2) is 69.3 Å². The van der Waals surface area contributed by atoms with Crippen molar-refractivity contribution in [1.82, 2.24) is 9.88 Å². The summed E-state index contributed by atoms with van der Waals surface area (Å²) in [6.07, 6.45) is 7.26. The third kappa shape index (κ3) is 2.97. The van der Waals surface area contributed by atoms with Crippen LogP contribution < -0.4 is 0 Å². The van der Waals surface area contributed by atoms with E-state index in [1.807, 2.05) is 31.1 Å². The zero-order valence-electron chi connectivity index (χ0n) is 21.5. The molecule has 8 unspecified atom stereocenters. The fourth-order valence-corrected chi connectivity index (χ4v) is 8.97. The molecule has 0 radical (unpaired) electrons. The topological polar surface area (TPSA) is 65.8 Å². The second-order valence-corrected chi connectivity index (χ2v) is 12.8. The lowest BCUT2D eigenvalue weighted by Crippen LogP contribution is -2.68. The van der Waals surface area contributed by atoms with Crippen molar-refractivity contribution in [3.63, 3.8) is 0 Å². The predicted molar refractivity (Wildman–Crippen MR) is 142 cm³/mol. The lowest BCUT2D eigenvalue weighted by molar-refractivity contribution is -0.239. The molecular formula is C30H34ClFN2O3. The van der Waals surface area contributed by atoms with Gasteiger partial charge in [-0.15, -0.1) is 0 Å². The Balaban J connectivity index is 1.30. The number of pyridine rings is 1. The van der Waals surface area contributed by atoms with Gasteiger partial charge in [0.05, 0.1) is 11.7 Å². The number of benzene rings is 1. The van der Waals surface area contributed by atoms with Crippen molar-refractivity contribution >= 4 is 27.9 Å². The molecule has 5 nitrogen and oxygen atoms in total. The molecule has 2 spiro atoms. The van der Waals surface area contributed by atoms with E-state index in [9.17, 15) is 10.2 Å². The fourth-order valence-electron chi connectivity index (χ4n) is 8.74. The third-order valence-corrected chi connectivity index (χ3v) is 11.0. The van der Waals surface area contributed by atoms with Crippen LogP contribution in [0.5, 0.6) is 0 Å². The smallest absolute Gasteiger partial charge is 0.158 e. The second kappa shape index (κ2) is 7.64. The van der Waals surface area contributed by atoms with E-state index in [1.54, 1.807) is 12.3 Å². The number of aromatic nitrogens is 1. The van der Waals surface area contributed by atoms with E-state index in [0.29, 0.717) is 42.8 Å². The van der Waals surface area contributed by atoms with Crippen LogP contribution in [0.4, 0.5) is 4.39 Å². The fraction of sp³-hybridized carbons (Fsp3) is 0.567. The number of hydrogen-bond acceptors (Lipinski definition) is 5. The quantitative estimate of drug-likeness (QED) is 0.423. The predicted octanol–water partition coefficient (Wildman–Crippen LogP) is 5.08. The lowest BCUT2D eigenvalue weighted by atomic mass is 9.53. The summed E-state index contributed by atoms with van der Waals surface area (Å²) in [7, 11) is 3.83. The maximum atomic E-state index is 17.2. The number of halogens is 2. The molecule has 196 valence electrons.